The highest BCUT2D eigenvalue weighted by molar-refractivity contribution is 7.80. The van der Waals surface area contributed by atoms with Gasteiger partial charge in [-0.15, -0.1) is 0 Å². The van der Waals surface area contributed by atoms with Gasteiger partial charge in [0.1, 0.15) is 4.99 Å². The number of rotatable bonds is 2. The van der Waals surface area contributed by atoms with E-state index in [2.05, 4.69) is 11.2 Å². The average molecular weight is 267 g/mol. The summed E-state index contributed by atoms with van der Waals surface area (Å²) in [4.78, 5) is 0.416. The third kappa shape index (κ3) is 2.00. The number of fused-ring (bicyclic) bond motifs is 1. The van der Waals surface area contributed by atoms with Crippen molar-refractivity contribution < 1.29 is 0 Å². The van der Waals surface area contributed by atoms with Crippen LogP contribution in [-0.2, 0) is 0 Å². The molecule has 0 bridgehead atoms. The molecule has 0 saturated heterocycles. The standard InChI is InChI=1S/C15H13N3S/c1-10-8-9-18(17-10)14-7-6-13(15(16)19)11-4-2-3-5-12(11)14/h2-9H,1H3,(H2,16,19). The van der Waals surface area contributed by atoms with E-state index in [1.807, 2.05) is 54.2 Å². The number of aromatic nitrogens is 2. The Kier molecular flexibility index (Phi) is 2.80. The first kappa shape index (κ1) is 11.9. The molecule has 2 aromatic carbocycles. The lowest BCUT2D eigenvalue weighted by molar-refractivity contribution is 0.869. The van der Waals surface area contributed by atoms with Crippen molar-refractivity contribution >= 4 is 28.0 Å². The number of hydrogen-bond acceptors (Lipinski definition) is 2. The summed E-state index contributed by atoms with van der Waals surface area (Å²) >= 11 is 5.11. The highest BCUT2D eigenvalue weighted by Gasteiger charge is 2.09. The number of thiocarbonyl (C=S) groups is 1. The number of benzene rings is 2. The monoisotopic (exact) mass is 267 g/mol. The lowest BCUT2D eigenvalue weighted by Gasteiger charge is -2.10. The van der Waals surface area contributed by atoms with Crippen LogP contribution in [0.15, 0.2) is 48.7 Å². The van der Waals surface area contributed by atoms with Gasteiger partial charge in [0.25, 0.3) is 0 Å². The lowest BCUT2D eigenvalue weighted by atomic mass is 10.0. The third-order valence-electron chi connectivity index (χ3n) is 3.14. The molecule has 94 valence electrons. The molecule has 0 amide bonds. The minimum Gasteiger partial charge on any atom is -0.389 e. The quantitative estimate of drug-likeness (QED) is 0.726. The van der Waals surface area contributed by atoms with E-state index < -0.39 is 0 Å². The maximum Gasteiger partial charge on any atom is 0.104 e. The van der Waals surface area contributed by atoms with Gasteiger partial charge in [0, 0.05) is 17.1 Å². The van der Waals surface area contributed by atoms with E-state index in [1.54, 1.807) is 0 Å². The van der Waals surface area contributed by atoms with Crippen LogP contribution in [0.1, 0.15) is 11.3 Å². The highest BCUT2D eigenvalue weighted by atomic mass is 32.1. The summed E-state index contributed by atoms with van der Waals surface area (Å²) in [6.07, 6.45) is 1.96. The molecular weight excluding hydrogens is 254 g/mol. The fraction of sp³-hybridized carbons (Fsp3) is 0.0667. The number of aryl methyl sites for hydroxylation is 1. The Balaban J connectivity index is 2.34. The minimum absolute atomic E-state index is 0.416. The average Bonchev–Trinajstić information content (AvgIpc) is 2.83. The largest absolute Gasteiger partial charge is 0.389 e. The van der Waals surface area contributed by atoms with Crippen LogP contribution < -0.4 is 5.73 Å². The lowest BCUT2D eigenvalue weighted by Crippen LogP contribution is -2.10. The summed E-state index contributed by atoms with van der Waals surface area (Å²) in [5.41, 5.74) is 8.70. The maximum absolute atomic E-state index is 5.78. The molecule has 0 aliphatic rings. The van der Waals surface area contributed by atoms with Gasteiger partial charge in [-0.1, -0.05) is 36.5 Å². The van der Waals surface area contributed by atoms with Crippen molar-refractivity contribution in [1.82, 2.24) is 9.78 Å². The molecular formula is C15H13N3S. The first-order valence-electron chi connectivity index (χ1n) is 6.01. The molecule has 3 aromatic rings. The van der Waals surface area contributed by atoms with E-state index in [1.165, 1.54) is 0 Å². The predicted molar refractivity (Wildman–Crippen MR) is 81.7 cm³/mol. The Labute approximate surface area is 116 Å². The van der Waals surface area contributed by atoms with Crippen molar-refractivity contribution in [1.29, 1.82) is 0 Å². The molecule has 3 rings (SSSR count). The van der Waals surface area contributed by atoms with Crippen LogP contribution in [0.5, 0.6) is 0 Å². The van der Waals surface area contributed by atoms with Gasteiger partial charge in [-0.25, -0.2) is 4.68 Å². The molecule has 0 aliphatic heterocycles. The van der Waals surface area contributed by atoms with Gasteiger partial charge in [0.05, 0.1) is 11.4 Å². The summed E-state index contributed by atoms with van der Waals surface area (Å²) < 4.78 is 1.88. The SMILES string of the molecule is Cc1ccn(-c2ccc(C(N)=S)c3ccccc23)n1. The molecule has 0 radical (unpaired) electrons. The van der Waals surface area contributed by atoms with E-state index in [9.17, 15) is 0 Å². The van der Waals surface area contributed by atoms with Crippen molar-refractivity contribution in [3.05, 3.63) is 59.9 Å². The van der Waals surface area contributed by atoms with Crippen LogP contribution in [0.2, 0.25) is 0 Å². The summed E-state index contributed by atoms with van der Waals surface area (Å²) in [5, 5.41) is 6.61. The smallest absolute Gasteiger partial charge is 0.104 e. The van der Waals surface area contributed by atoms with E-state index in [0.717, 1.165) is 27.7 Å². The molecule has 0 aliphatic carbocycles. The zero-order valence-corrected chi connectivity index (χ0v) is 11.3. The normalized spacial score (nSPS) is 10.8. The number of nitrogens with two attached hydrogens (primary N) is 1. The van der Waals surface area contributed by atoms with Crippen molar-refractivity contribution in [2.24, 2.45) is 5.73 Å². The van der Waals surface area contributed by atoms with Gasteiger partial charge in [-0.2, -0.15) is 5.10 Å². The molecule has 0 unspecified atom stereocenters. The Morgan fingerprint density at radius 3 is 2.47 bits per heavy atom. The zero-order chi connectivity index (χ0) is 13.4. The number of hydrogen-bond donors (Lipinski definition) is 1. The highest BCUT2D eigenvalue weighted by Crippen LogP contribution is 2.25. The van der Waals surface area contributed by atoms with Gasteiger partial charge in [0.2, 0.25) is 0 Å². The van der Waals surface area contributed by atoms with E-state index in [-0.39, 0.29) is 0 Å². The van der Waals surface area contributed by atoms with Gasteiger partial charge >= 0.3 is 0 Å². The predicted octanol–water partition coefficient (Wildman–Crippen LogP) is 2.97. The molecule has 0 spiro atoms. The zero-order valence-electron chi connectivity index (χ0n) is 10.5. The maximum atomic E-state index is 5.78. The van der Waals surface area contributed by atoms with Crippen molar-refractivity contribution in [2.75, 3.05) is 0 Å². The summed E-state index contributed by atoms with van der Waals surface area (Å²) in [6, 6.07) is 14.0. The van der Waals surface area contributed by atoms with Crippen LogP contribution >= 0.6 is 12.2 Å². The van der Waals surface area contributed by atoms with Crippen LogP contribution in [0.4, 0.5) is 0 Å². The molecule has 2 N–H and O–H groups in total. The van der Waals surface area contributed by atoms with Gasteiger partial charge in [-0.3, -0.25) is 0 Å². The molecule has 0 atom stereocenters. The molecule has 0 saturated carbocycles. The van der Waals surface area contributed by atoms with Crippen molar-refractivity contribution in [3.63, 3.8) is 0 Å². The second-order valence-corrected chi connectivity index (χ2v) is 4.88. The molecule has 3 nitrogen and oxygen atoms in total. The van der Waals surface area contributed by atoms with Gasteiger partial charge in [-0.05, 0) is 30.5 Å². The van der Waals surface area contributed by atoms with E-state index in [0.29, 0.717) is 4.99 Å². The topological polar surface area (TPSA) is 43.8 Å². The van der Waals surface area contributed by atoms with Crippen LogP contribution in [0, 0.1) is 6.92 Å². The summed E-state index contributed by atoms with van der Waals surface area (Å²) in [6.45, 7) is 1.97. The minimum atomic E-state index is 0.416. The Hall–Kier alpha value is -2.20. The first-order valence-corrected chi connectivity index (χ1v) is 6.42. The second-order valence-electron chi connectivity index (χ2n) is 4.44. The fourth-order valence-electron chi connectivity index (χ4n) is 2.25. The molecule has 19 heavy (non-hydrogen) atoms. The fourth-order valence-corrected chi connectivity index (χ4v) is 2.43. The summed E-state index contributed by atoms with van der Waals surface area (Å²) in [7, 11) is 0. The van der Waals surface area contributed by atoms with Crippen LogP contribution in [-0.4, -0.2) is 14.8 Å². The van der Waals surface area contributed by atoms with Gasteiger partial charge < -0.3 is 5.73 Å². The second kappa shape index (κ2) is 4.48. The number of nitrogens with zero attached hydrogens (tertiary/aromatic N) is 2. The Morgan fingerprint density at radius 2 is 1.84 bits per heavy atom. The Morgan fingerprint density at radius 1 is 1.11 bits per heavy atom. The molecule has 4 heteroatoms. The van der Waals surface area contributed by atoms with Gasteiger partial charge in [0.15, 0.2) is 0 Å². The van der Waals surface area contributed by atoms with Crippen molar-refractivity contribution in [2.45, 2.75) is 6.92 Å². The Bertz CT molecular complexity index is 774. The van der Waals surface area contributed by atoms with Crippen LogP contribution in [0.25, 0.3) is 16.5 Å². The van der Waals surface area contributed by atoms with E-state index >= 15 is 0 Å². The summed E-state index contributed by atoms with van der Waals surface area (Å²) in [5.74, 6) is 0. The van der Waals surface area contributed by atoms with E-state index in [4.69, 9.17) is 18.0 Å². The molecule has 1 heterocycles. The molecule has 1 aromatic heterocycles. The third-order valence-corrected chi connectivity index (χ3v) is 3.36. The first-order chi connectivity index (χ1) is 9.16. The van der Waals surface area contributed by atoms with Crippen molar-refractivity contribution in [3.8, 4) is 5.69 Å². The van der Waals surface area contributed by atoms with Crippen LogP contribution in [0.3, 0.4) is 0 Å². The molecule has 0 fully saturated rings.